The Bertz CT molecular complexity index is 1220. The molecule has 0 atom stereocenters. The van der Waals surface area contributed by atoms with Gasteiger partial charge in [-0.25, -0.2) is 4.40 Å². The fourth-order valence-corrected chi connectivity index (χ4v) is 4.23. The highest BCUT2D eigenvalue weighted by Crippen LogP contribution is 2.24. The Kier molecular flexibility index (Phi) is 4.67. The highest BCUT2D eigenvalue weighted by atomic mass is 35.5. The van der Waals surface area contributed by atoms with Crippen molar-refractivity contribution in [1.29, 1.82) is 0 Å². The second kappa shape index (κ2) is 7.48. The molecule has 0 radical (unpaired) electrons. The van der Waals surface area contributed by atoms with Crippen molar-refractivity contribution in [2.75, 3.05) is 18.0 Å². The fraction of sp³-hybridized carbons (Fsp3) is 0.333. The van der Waals surface area contributed by atoms with Gasteiger partial charge >= 0.3 is 0 Å². The maximum absolute atomic E-state index is 13.3. The first-order chi connectivity index (χ1) is 14.2. The quantitative estimate of drug-likeness (QED) is 0.518. The highest BCUT2D eigenvalue weighted by Gasteiger charge is 2.21. The van der Waals surface area contributed by atoms with Crippen LogP contribution in [0.4, 0.5) is 5.95 Å². The van der Waals surface area contributed by atoms with E-state index in [0.717, 1.165) is 43.0 Å². The number of fused-ring (bicyclic) bond motifs is 3. The summed E-state index contributed by atoms with van der Waals surface area (Å²) in [6.45, 7) is 2.28. The summed E-state index contributed by atoms with van der Waals surface area (Å²) in [5.41, 5.74) is 1.64. The molecule has 4 aromatic rings. The summed E-state index contributed by atoms with van der Waals surface area (Å²) >= 11 is 6.23. The van der Waals surface area contributed by atoms with Crippen molar-refractivity contribution < 1.29 is 0 Å². The van der Waals surface area contributed by atoms with Gasteiger partial charge in [0.2, 0.25) is 11.7 Å². The third kappa shape index (κ3) is 3.25. The molecule has 0 bridgehead atoms. The third-order valence-electron chi connectivity index (χ3n) is 5.52. The van der Waals surface area contributed by atoms with E-state index in [0.29, 0.717) is 22.7 Å². The van der Waals surface area contributed by atoms with E-state index >= 15 is 0 Å². The van der Waals surface area contributed by atoms with Gasteiger partial charge in [-0.15, -0.1) is 10.2 Å². The number of aromatic nitrogens is 5. The largest absolute Gasteiger partial charge is 0.341 e. The monoisotopic (exact) mass is 408 g/mol. The summed E-state index contributed by atoms with van der Waals surface area (Å²) in [6.07, 6.45) is 8.18. The van der Waals surface area contributed by atoms with E-state index in [-0.39, 0.29) is 5.56 Å². The lowest BCUT2D eigenvalue weighted by Gasteiger charge is -2.21. The lowest BCUT2D eigenvalue weighted by molar-refractivity contribution is 0.726. The Balaban J connectivity index is 1.77. The van der Waals surface area contributed by atoms with Gasteiger partial charge in [0, 0.05) is 30.5 Å². The summed E-state index contributed by atoms with van der Waals surface area (Å²) < 4.78 is 3.67. The second-order valence-electron chi connectivity index (χ2n) is 7.44. The number of pyridine rings is 1. The van der Waals surface area contributed by atoms with Crippen molar-refractivity contribution in [3.05, 3.63) is 63.7 Å². The SMILES string of the molecule is O=c1c2cc(Cl)ccc2n2c(N3CCCCCC3)nnc2n1Cc1ccncc1. The zero-order valence-electron chi connectivity index (χ0n) is 16.0. The van der Waals surface area contributed by atoms with E-state index in [1.165, 1.54) is 12.8 Å². The number of benzene rings is 1. The van der Waals surface area contributed by atoms with E-state index in [1.54, 1.807) is 23.0 Å². The van der Waals surface area contributed by atoms with Crippen LogP contribution in [0.15, 0.2) is 47.5 Å². The molecule has 0 aliphatic carbocycles. The standard InChI is InChI=1S/C21H21ClN6O/c22-16-5-6-18-17(13-16)19(29)27(14-15-7-9-23-10-8-15)21-25-24-20(28(18)21)26-11-3-1-2-4-12-26/h5-10,13H,1-4,11-12,14H2. The van der Waals surface area contributed by atoms with E-state index in [2.05, 4.69) is 20.1 Å². The van der Waals surface area contributed by atoms with Crippen LogP contribution in [0.1, 0.15) is 31.2 Å². The topological polar surface area (TPSA) is 68.3 Å². The third-order valence-corrected chi connectivity index (χ3v) is 5.76. The molecule has 0 saturated carbocycles. The molecule has 0 N–H and O–H groups in total. The Morgan fingerprint density at radius 2 is 1.72 bits per heavy atom. The van der Waals surface area contributed by atoms with Crippen LogP contribution < -0.4 is 10.5 Å². The van der Waals surface area contributed by atoms with Crippen LogP contribution in [0.2, 0.25) is 5.02 Å². The van der Waals surface area contributed by atoms with Gasteiger partial charge in [-0.1, -0.05) is 24.4 Å². The van der Waals surface area contributed by atoms with Gasteiger partial charge in [-0.05, 0) is 48.7 Å². The van der Waals surface area contributed by atoms with Crippen LogP contribution in [0.25, 0.3) is 16.7 Å². The molecule has 1 fully saturated rings. The van der Waals surface area contributed by atoms with E-state index in [4.69, 9.17) is 11.6 Å². The molecule has 148 valence electrons. The van der Waals surface area contributed by atoms with Gasteiger partial charge in [-0.3, -0.25) is 14.3 Å². The fourth-order valence-electron chi connectivity index (χ4n) is 4.06. The molecule has 0 unspecified atom stereocenters. The average Bonchev–Trinajstić information content (AvgIpc) is 2.99. The Labute approximate surface area is 172 Å². The zero-order chi connectivity index (χ0) is 19.8. The predicted molar refractivity (Wildman–Crippen MR) is 114 cm³/mol. The van der Waals surface area contributed by atoms with E-state index in [1.807, 2.05) is 28.7 Å². The molecule has 0 amide bonds. The van der Waals surface area contributed by atoms with Gasteiger partial charge in [0.1, 0.15) is 0 Å². The van der Waals surface area contributed by atoms with Gasteiger partial charge in [-0.2, -0.15) is 0 Å². The summed E-state index contributed by atoms with van der Waals surface area (Å²) in [6, 6.07) is 9.22. The molecular weight excluding hydrogens is 388 g/mol. The van der Waals surface area contributed by atoms with Gasteiger partial charge in [0.05, 0.1) is 17.4 Å². The normalized spacial score (nSPS) is 15.1. The summed E-state index contributed by atoms with van der Waals surface area (Å²) in [5.74, 6) is 1.33. The number of rotatable bonds is 3. The molecule has 3 aromatic heterocycles. The lowest BCUT2D eigenvalue weighted by Crippen LogP contribution is -2.28. The first-order valence-electron chi connectivity index (χ1n) is 9.93. The molecule has 7 nitrogen and oxygen atoms in total. The number of anilines is 1. The van der Waals surface area contributed by atoms with Crippen molar-refractivity contribution in [2.45, 2.75) is 32.2 Å². The molecule has 1 saturated heterocycles. The molecule has 29 heavy (non-hydrogen) atoms. The highest BCUT2D eigenvalue weighted by molar-refractivity contribution is 6.31. The minimum Gasteiger partial charge on any atom is -0.341 e. The van der Waals surface area contributed by atoms with Crippen LogP contribution in [0, 0.1) is 0 Å². The number of nitrogens with zero attached hydrogens (tertiary/aromatic N) is 6. The maximum Gasteiger partial charge on any atom is 0.263 e. The minimum atomic E-state index is -0.123. The van der Waals surface area contributed by atoms with Crippen LogP contribution in [-0.4, -0.2) is 37.2 Å². The Hall–Kier alpha value is -2.93. The molecule has 0 spiro atoms. The Morgan fingerprint density at radius 1 is 0.966 bits per heavy atom. The van der Waals surface area contributed by atoms with Gasteiger partial charge < -0.3 is 4.90 Å². The molecule has 8 heteroatoms. The van der Waals surface area contributed by atoms with Crippen LogP contribution in [0.3, 0.4) is 0 Å². The summed E-state index contributed by atoms with van der Waals surface area (Å²) in [7, 11) is 0. The zero-order valence-corrected chi connectivity index (χ0v) is 16.7. The van der Waals surface area contributed by atoms with E-state index in [9.17, 15) is 4.79 Å². The molecule has 5 rings (SSSR count). The second-order valence-corrected chi connectivity index (χ2v) is 7.88. The first-order valence-corrected chi connectivity index (χ1v) is 10.3. The first kappa shape index (κ1) is 18.1. The lowest BCUT2D eigenvalue weighted by atomic mass is 10.2. The minimum absolute atomic E-state index is 0.123. The maximum atomic E-state index is 13.3. The summed E-state index contributed by atoms with van der Waals surface area (Å²) in [5, 5.41) is 10.1. The van der Waals surface area contributed by atoms with Crippen LogP contribution in [0.5, 0.6) is 0 Å². The molecule has 1 aromatic carbocycles. The van der Waals surface area contributed by atoms with Crippen molar-refractivity contribution in [2.24, 2.45) is 0 Å². The Morgan fingerprint density at radius 3 is 2.48 bits per heavy atom. The van der Waals surface area contributed by atoms with Crippen LogP contribution >= 0.6 is 11.6 Å². The van der Waals surface area contributed by atoms with Gasteiger partial charge in [0.15, 0.2) is 0 Å². The molecular formula is C21H21ClN6O. The molecule has 1 aliphatic rings. The predicted octanol–water partition coefficient (Wildman–Crippen LogP) is 3.52. The number of hydrogen-bond donors (Lipinski definition) is 0. The van der Waals surface area contributed by atoms with Crippen molar-refractivity contribution in [3.63, 3.8) is 0 Å². The molecule has 4 heterocycles. The average molecular weight is 409 g/mol. The summed E-state index contributed by atoms with van der Waals surface area (Å²) in [4.78, 5) is 19.7. The number of hydrogen-bond acceptors (Lipinski definition) is 5. The van der Waals surface area contributed by atoms with Crippen molar-refractivity contribution in [1.82, 2.24) is 24.1 Å². The van der Waals surface area contributed by atoms with Crippen LogP contribution in [-0.2, 0) is 6.54 Å². The smallest absolute Gasteiger partial charge is 0.263 e. The van der Waals surface area contributed by atoms with Crippen molar-refractivity contribution >= 4 is 34.2 Å². The van der Waals surface area contributed by atoms with Gasteiger partial charge in [0.25, 0.3) is 5.56 Å². The van der Waals surface area contributed by atoms with E-state index < -0.39 is 0 Å². The number of halogens is 1. The van der Waals surface area contributed by atoms with Crippen molar-refractivity contribution in [3.8, 4) is 0 Å². The molecule has 1 aliphatic heterocycles.